The first kappa shape index (κ1) is 14.5. The molecule has 0 aliphatic carbocycles. The third-order valence-electron chi connectivity index (χ3n) is 4.15. The van der Waals surface area contributed by atoms with Crippen LogP contribution in [0.1, 0.15) is 43.5 Å². The summed E-state index contributed by atoms with van der Waals surface area (Å²) in [6.07, 6.45) is 2.91. The van der Waals surface area contributed by atoms with Crippen molar-refractivity contribution in [3.63, 3.8) is 0 Å². The molecule has 2 rings (SSSR count). The standard InChI is InChI=1S/C15H19ClFNO/c1-3-15(2,18-8-4-5-9-18)14(19)12-10-11(17)6-7-13(12)16/h6-7,10H,3-5,8-9H2,1-2H3. The van der Waals surface area contributed by atoms with Crippen LogP contribution >= 0.6 is 11.6 Å². The predicted molar refractivity (Wildman–Crippen MR) is 75.2 cm³/mol. The molecule has 1 fully saturated rings. The van der Waals surface area contributed by atoms with Gasteiger partial charge in [-0.3, -0.25) is 9.69 Å². The highest BCUT2D eigenvalue weighted by Crippen LogP contribution is 2.31. The Labute approximate surface area is 118 Å². The van der Waals surface area contributed by atoms with Gasteiger partial charge in [0.05, 0.1) is 10.6 Å². The van der Waals surface area contributed by atoms with Gasteiger partial charge in [-0.25, -0.2) is 4.39 Å². The average Bonchev–Trinajstić information content (AvgIpc) is 2.94. The summed E-state index contributed by atoms with van der Waals surface area (Å²) >= 11 is 6.05. The Kier molecular flexibility index (Phi) is 4.26. The van der Waals surface area contributed by atoms with Crippen molar-refractivity contribution >= 4 is 17.4 Å². The molecule has 104 valence electrons. The van der Waals surface area contributed by atoms with Gasteiger partial charge in [-0.15, -0.1) is 0 Å². The zero-order chi connectivity index (χ0) is 14.0. The molecule has 19 heavy (non-hydrogen) atoms. The Bertz CT molecular complexity index is 485. The number of likely N-dealkylation sites (tertiary alicyclic amines) is 1. The minimum absolute atomic E-state index is 0.0820. The van der Waals surface area contributed by atoms with E-state index in [1.165, 1.54) is 18.2 Å². The summed E-state index contributed by atoms with van der Waals surface area (Å²) in [7, 11) is 0. The number of hydrogen-bond donors (Lipinski definition) is 0. The van der Waals surface area contributed by atoms with Crippen LogP contribution in [0, 0.1) is 5.82 Å². The Hall–Kier alpha value is -0.930. The highest BCUT2D eigenvalue weighted by Gasteiger charge is 2.40. The topological polar surface area (TPSA) is 20.3 Å². The lowest BCUT2D eigenvalue weighted by atomic mass is 9.87. The van der Waals surface area contributed by atoms with E-state index in [0.29, 0.717) is 11.4 Å². The molecule has 0 saturated carbocycles. The van der Waals surface area contributed by atoms with Gasteiger partial charge in [-0.2, -0.15) is 0 Å². The number of nitrogens with zero attached hydrogens (tertiary/aromatic N) is 1. The van der Waals surface area contributed by atoms with Crippen molar-refractivity contribution in [1.29, 1.82) is 0 Å². The highest BCUT2D eigenvalue weighted by molar-refractivity contribution is 6.34. The molecule has 1 atom stereocenters. The summed E-state index contributed by atoms with van der Waals surface area (Å²) in [6, 6.07) is 3.97. The number of rotatable bonds is 4. The number of carbonyl (C=O) groups is 1. The second-order valence-corrected chi connectivity index (χ2v) is 5.68. The smallest absolute Gasteiger partial charge is 0.184 e. The summed E-state index contributed by atoms with van der Waals surface area (Å²) in [6.45, 7) is 5.76. The molecule has 1 aromatic rings. The Balaban J connectivity index is 2.37. The molecule has 0 N–H and O–H groups in total. The van der Waals surface area contributed by atoms with Crippen molar-refractivity contribution in [3.05, 3.63) is 34.6 Å². The molecule has 1 aliphatic heterocycles. The largest absolute Gasteiger partial charge is 0.292 e. The third kappa shape index (κ3) is 2.67. The van der Waals surface area contributed by atoms with Gasteiger partial charge in [0.15, 0.2) is 5.78 Å². The van der Waals surface area contributed by atoms with Crippen molar-refractivity contribution in [2.24, 2.45) is 0 Å². The zero-order valence-corrected chi connectivity index (χ0v) is 12.1. The van der Waals surface area contributed by atoms with Gasteiger partial charge in [-0.1, -0.05) is 18.5 Å². The van der Waals surface area contributed by atoms with Crippen LogP contribution in [-0.2, 0) is 0 Å². The number of benzene rings is 1. The van der Waals surface area contributed by atoms with Gasteiger partial charge in [-0.05, 0) is 57.5 Å². The highest BCUT2D eigenvalue weighted by atomic mass is 35.5. The molecule has 0 amide bonds. The van der Waals surface area contributed by atoms with Crippen molar-refractivity contribution in [2.45, 2.75) is 38.6 Å². The molecular formula is C15H19ClFNO. The minimum Gasteiger partial charge on any atom is -0.292 e. The molecular weight excluding hydrogens is 265 g/mol. The van der Waals surface area contributed by atoms with E-state index in [0.717, 1.165) is 25.9 Å². The van der Waals surface area contributed by atoms with Crippen LogP contribution in [0.3, 0.4) is 0 Å². The van der Waals surface area contributed by atoms with Gasteiger partial charge >= 0.3 is 0 Å². The van der Waals surface area contributed by atoms with E-state index >= 15 is 0 Å². The van der Waals surface area contributed by atoms with Crippen LogP contribution in [-0.4, -0.2) is 29.3 Å². The van der Waals surface area contributed by atoms with Crippen molar-refractivity contribution in [2.75, 3.05) is 13.1 Å². The molecule has 4 heteroatoms. The normalized spacial score (nSPS) is 19.4. The summed E-state index contributed by atoms with van der Waals surface area (Å²) < 4.78 is 13.4. The molecule has 0 radical (unpaired) electrons. The van der Waals surface area contributed by atoms with Crippen LogP contribution < -0.4 is 0 Å². The lowest BCUT2D eigenvalue weighted by molar-refractivity contribution is 0.0647. The second kappa shape index (κ2) is 5.59. The van der Waals surface area contributed by atoms with Crippen LogP contribution in [0.5, 0.6) is 0 Å². The number of hydrogen-bond acceptors (Lipinski definition) is 2. The number of Topliss-reactive ketones (excluding diaryl/α,β-unsaturated/α-hetero) is 1. The fraction of sp³-hybridized carbons (Fsp3) is 0.533. The molecule has 1 aliphatic rings. The van der Waals surface area contributed by atoms with Crippen molar-refractivity contribution in [3.8, 4) is 0 Å². The first-order chi connectivity index (χ1) is 8.99. The van der Waals surface area contributed by atoms with Crippen LogP contribution in [0.4, 0.5) is 4.39 Å². The van der Waals surface area contributed by atoms with E-state index in [4.69, 9.17) is 11.6 Å². The van der Waals surface area contributed by atoms with Gasteiger partial charge in [0.1, 0.15) is 5.82 Å². The van der Waals surface area contributed by atoms with E-state index in [1.54, 1.807) is 0 Å². The Morgan fingerprint density at radius 3 is 2.63 bits per heavy atom. The van der Waals surface area contributed by atoms with Gasteiger partial charge in [0.2, 0.25) is 0 Å². The molecule has 1 saturated heterocycles. The monoisotopic (exact) mass is 283 g/mol. The lowest BCUT2D eigenvalue weighted by Crippen LogP contribution is -2.50. The minimum atomic E-state index is -0.589. The van der Waals surface area contributed by atoms with Gasteiger partial charge in [0.25, 0.3) is 0 Å². The molecule has 1 aromatic carbocycles. The van der Waals surface area contributed by atoms with Crippen molar-refractivity contribution < 1.29 is 9.18 Å². The molecule has 0 spiro atoms. The number of halogens is 2. The number of ketones is 1. The maximum absolute atomic E-state index is 13.4. The fourth-order valence-corrected chi connectivity index (χ4v) is 2.90. The summed E-state index contributed by atoms with van der Waals surface area (Å²) in [5.74, 6) is -0.506. The van der Waals surface area contributed by atoms with E-state index in [9.17, 15) is 9.18 Å². The zero-order valence-electron chi connectivity index (χ0n) is 11.4. The average molecular weight is 284 g/mol. The predicted octanol–water partition coefficient (Wildman–Crippen LogP) is 3.93. The van der Waals surface area contributed by atoms with Crippen molar-refractivity contribution in [1.82, 2.24) is 4.90 Å². The maximum atomic E-state index is 13.4. The van der Waals surface area contributed by atoms with Gasteiger partial charge in [0, 0.05) is 5.56 Å². The van der Waals surface area contributed by atoms with Crippen LogP contribution in [0.25, 0.3) is 0 Å². The Morgan fingerprint density at radius 2 is 2.05 bits per heavy atom. The summed E-state index contributed by atoms with van der Waals surface area (Å²) in [5, 5.41) is 0.324. The molecule has 1 heterocycles. The SMILES string of the molecule is CCC(C)(C(=O)c1cc(F)ccc1Cl)N1CCCC1. The first-order valence-electron chi connectivity index (χ1n) is 6.74. The first-order valence-corrected chi connectivity index (χ1v) is 7.11. The van der Waals surface area contributed by atoms with E-state index in [1.807, 2.05) is 13.8 Å². The van der Waals surface area contributed by atoms with Crippen LogP contribution in [0.15, 0.2) is 18.2 Å². The van der Waals surface area contributed by atoms with Crippen LogP contribution in [0.2, 0.25) is 5.02 Å². The molecule has 0 aromatic heterocycles. The fourth-order valence-electron chi connectivity index (χ4n) is 2.70. The Morgan fingerprint density at radius 1 is 1.42 bits per heavy atom. The molecule has 1 unspecified atom stereocenters. The quantitative estimate of drug-likeness (QED) is 0.781. The maximum Gasteiger partial charge on any atom is 0.184 e. The van der Waals surface area contributed by atoms with Gasteiger partial charge < -0.3 is 0 Å². The lowest BCUT2D eigenvalue weighted by Gasteiger charge is -2.36. The number of carbonyl (C=O) groups excluding carboxylic acids is 1. The van der Waals surface area contributed by atoms with E-state index in [2.05, 4.69) is 4.90 Å². The summed E-state index contributed by atoms with van der Waals surface area (Å²) in [5.41, 5.74) is -0.300. The third-order valence-corrected chi connectivity index (χ3v) is 4.48. The molecule has 2 nitrogen and oxygen atoms in total. The van der Waals surface area contributed by atoms with E-state index < -0.39 is 11.4 Å². The second-order valence-electron chi connectivity index (χ2n) is 5.27. The molecule has 0 bridgehead atoms. The van der Waals surface area contributed by atoms with E-state index in [-0.39, 0.29) is 11.3 Å². The summed E-state index contributed by atoms with van der Waals surface area (Å²) in [4.78, 5) is 15.0.